The summed E-state index contributed by atoms with van der Waals surface area (Å²) in [5.74, 6) is -0.275. The number of rotatable bonds is 4. The van der Waals surface area contributed by atoms with Gasteiger partial charge in [-0.05, 0) is 37.0 Å². The van der Waals surface area contributed by atoms with Gasteiger partial charge >= 0.3 is 5.97 Å². The fraction of sp³-hybridized carbons (Fsp3) is 0.318. The Balaban J connectivity index is 1.77. The summed E-state index contributed by atoms with van der Waals surface area (Å²) >= 11 is 0. The molecule has 2 aromatic rings. The second kappa shape index (κ2) is 10.3. The van der Waals surface area contributed by atoms with Gasteiger partial charge in [-0.3, -0.25) is 4.79 Å². The monoisotopic (exact) mass is 396 g/mol. The van der Waals surface area contributed by atoms with Crippen molar-refractivity contribution in [2.75, 3.05) is 13.2 Å². The maximum absolute atomic E-state index is 12.5. The minimum absolute atomic E-state index is 0.0633. The fourth-order valence-corrected chi connectivity index (χ4v) is 2.94. The summed E-state index contributed by atoms with van der Waals surface area (Å²) in [6.45, 7) is 1.13. The molecule has 0 saturated carbocycles. The predicted molar refractivity (Wildman–Crippen MR) is 108 cm³/mol. The quantitative estimate of drug-likeness (QED) is 0.795. The Labute approximate surface area is 169 Å². The highest BCUT2D eigenvalue weighted by molar-refractivity contribution is 5.97. The zero-order valence-electron chi connectivity index (χ0n) is 16.1. The van der Waals surface area contributed by atoms with Gasteiger partial charge < -0.3 is 19.1 Å². The maximum atomic E-state index is 12.5. The molecule has 0 atom stereocenters. The van der Waals surface area contributed by atoms with Gasteiger partial charge in [0.2, 0.25) is 0 Å². The van der Waals surface area contributed by atoms with Crippen LogP contribution in [0.25, 0.3) is 6.08 Å². The van der Waals surface area contributed by atoms with Gasteiger partial charge in [-0.25, -0.2) is 9.78 Å². The third kappa shape index (κ3) is 6.07. The molecular formula is C22H24N2O5. The van der Waals surface area contributed by atoms with E-state index in [1.54, 1.807) is 30.7 Å². The lowest BCUT2D eigenvalue weighted by atomic mass is 10.0. The van der Waals surface area contributed by atoms with Crippen LogP contribution in [0.4, 0.5) is 0 Å². The van der Waals surface area contributed by atoms with E-state index in [1.165, 1.54) is 12.1 Å². The number of fused-ring (bicyclic) bond motifs is 1. The number of nitrogens with zero attached hydrogens (tertiary/aromatic N) is 2. The number of esters is 1. The molecule has 152 valence electrons. The number of phenols is 1. The molecule has 3 rings (SSSR count). The van der Waals surface area contributed by atoms with Crippen molar-refractivity contribution in [1.29, 1.82) is 0 Å². The normalized spacial score (nSPS) is 17.7. The first kappa shape index (κ1) is 20.4. The van der Waals surface area contributed by atoms with Crippen LogP contribution in [-0.4, -0.2) is 39.6 Å². The van der Waals surface area contributed by atoms with Crippen LogP contribution in [-0.2, 0) is 16.1 Å². The molecule has 29 heavy (non-hydrogen) atoms. The number of phenolic OH excluding ortho intramolecular Hbond substituents is 1. The van der Waals surface area contributed by atoms with E-state index in [1.807, 2.05) is 16.8 Å². The Kier molecular flexibility index (Phi) is 7.22. The van der Waals surface area contributed by atoms with Crippen LogP contribution in [0, 0.1) is 0 Å². The van der Waals surface area contributed by atoms with Gasteiger partial charge in [-0.1, -0.05) is 18.2 Å². The molecule has 0 bridgehead atoms. The van der Waals surface area contributed by atoms with E-state index in [9.17, 15) is 14.7 Å². The van der Waals surface area contributed by atoms with Crippen LogP contribution in [0.15, 0.2) is 49.1 Å². The van der Waals surface area contributed by atoms with E-state index in [4.69, 9.17) is 9.47 Å². The molecule has 0 radical (unpaired) electrons. The molecule has 1 aliphatic rings. The number of hydrogen-bond acceptors (Lipinski definition) is 6. The number of cyclic esters (lactones) is 1. The van der Waals surface area contributed by atoms with Crippen LogP contribution >= 0.6 is 0 Å². The summed E-state index contributed by atoms with van der Waals surface area (Å²) in [6.07, 6.45) is 14.4. The smallest absolute Gasteiger partial charge is 0.342 e. The van der Waals surface area contributed by atoms with E-state index in [0.717, 1.165) is 0 Å². The van der Waals surface area contributed by atoms with Crippen molar-refractivity contribution in [2.45, 2.75) is 32.2 Å². The number of carbonyl (C=O) groups excluding carboxylic acids is 2. The van der Waals surface area contributed by atoms with Crippen molar-refractivity contribution in [1.82, 2.24) is 9.55 Å². The van der Waals surface area contributed by atoms with Gasteiger partial charge in [-0.15, -0.1) is 0 Å². The van der Waals surface area contributed by atoms with E-state index in [0.29, 0.717) is 50.1 Å². The molecule has 7 nitrogen and oxygen atoms in total. The molecule has 1 aliphatic heterocycles. The molecule has 1 N–H and O–H groups in total. The van der Waals surface area contributed by atoms with Gasteiger partial charge in [0.15, 0.2) is 5.78 Å². The Bertz CT molecular complexity index is 900. The van der Waals surface area contributed by atoms with Gasteiger partial charge in [0.05, 0.1) is 19.5 Å². The van der Waals surface area contributed by atoms with E-state index in [2.05, 4.69) is 4.98 Å². The largest absolute Gasteiger partial charge is 0.507 e. The lowest BCUT2D eigenvalue weighted by Crippen LogP contribution is -2.10. The summed E-state index contributed by atoms with van der Waals surface area (Å²) in [4.78, 5) is 28.2. The fourth-order valence-electron chi connectivity index (χ4n) is 2.94. The van der Waals surface area contributed by atoms with Crippen molar-refractivity contribution in [3.8, 4) is 11.5 Å². The van der Waals surface area contributed by atoms with Gasteiger partial charge in [0.1, 0.15) is 23.7 Å². The van der Waals surface area contributed by atoms with Crippen LogP contribution in [0.5, 0.6) is 11.5 Å². The van der Waals surface area contributed by atoms with Crippen molar-refractivity contribution >= 4 is 17.8 Å². The summed E-state index contributed by atoms with van der Waals surface area (Å²) < 4.78 is 12.9. The molecule has 0 saturated heterocycles. The van der Waals surface area contributed by atoms with E-state index >= 15 is 0 Å². The zero-order valence-corrected chi connectivity index (χ0v) is 16.1. The first-order chi connectivity index (χ1) is 14.1. The molecule has 0 fully saturated rings. The molecule has 1 aromatic heterocycles. The van der Waals surface area contributed by atoms with Crippen LogP contribution in [0.2, 0.25) is 0 Å². The van der Waals surface area contributed by atoms with Gasteiger partial charge in [0.25, 0.3) is 0 Å². The van der Waals surface area contributed by atoms with Gasteiger partial charge in [-0.2, -0.15) is 0 Å². The lowest BCUT2D eigenvalue weighted by molar-refractivity contribution is -0.114. The maximum Gasteiger partial charge on any atom is 0.342 e. The SMILES string of the molecule is O=C1/C=C\CCOC(=O)c2c(O)cc(OCCn3ccnc3)cc2/C=C/CCC1. The number of benzene rings is 1. The number of hydrogen-bond donors (Lipinski definition) is 1. The molecule has 0 unspecified atom stereocenters. The third-order valence-corrected chi connectivity index (χ3v) is 4.42. The first-order valence-electron chi connectivity index (χ1n) is 9.62. The number of ketones is 1. The van der Waals surface area contributed by atoms with Gasteiger partial charge in [0, 0.05) is 24.9 Å². The molecule has 0 spiro atoms. The molecule has 0 amide bonds. The number of carbonyl (C=O) groups is 2. The topological polar surface area (TPSA) is 90.7 Å². The van der Waals surface area contributed by atoms with Crippen LogP contribution < -0.4 is 4.74 Å². The van der Waals surface area contributed by atoms with Crippen molar-refractivity contribution in [3.63, 3.8) is 0 Å². The highest BCUT2D eigenvalue weighted by atomic mass is 16.5. The highest BCUT2D eigenvalue weighted by Gasteiger charge is 2.18. The predicted octanol–water partition coefficient (Wildman–Crippen LogP) is 3.54. The zero-order chi connectivity index (χ0) is 20.5. The van der Waals surface area contributed by atoms with Crippen molar-refractivity contribution in [2.24, 2.45) is 0 Å². The number of aromatic hydroxyl groups is 1. The summed E-state index contributed by atoms with van der Waals surface area (Å²) in [7, 11) is 0. The molecule has 7 heteroatoms. The minimum Gasteiger partial charge on any atom is -0.507 e. The molecular weight excluding hydrogens is 372 g/mol. The number of allylic oxidation sites excluding steroid dienone is 2. The van der Waals surface area contributed by atoms with Crippen LogP contribution in [0.3, 0.4) is 0 Å². The summed E-state index contributed by atoms with van der Waals surface area (Å²) in [5.41, 5.74) is 0.631. The lowest BCUT2D eigenvalue weighted by Gasteiger charge is -2.13. The Morgan fingerprint density at radius 1 is 1.17 bits per heavy atom. The summed E-state index contributed by atoms with van der Waals surface area (Å²) in [6, 6.07) is 3.13. The molecule has 1 aromatic carbocycles. The van der Waals surface area contributed by atoms with Crippen molar-refractivity contribution < 1.29 is 24.2 Å². The average molecular weight is 396 g/mol. The highest BCUT2D eigenvalue weighted by Crippen LogP contribution is 2.30. The third-order valence-electron chi connectivity index (χ3n) is 4.42. The number of imidazole rings is 1. The van der Waals surface area contributed by atoms with E-state index in [-0.39, 0.29) is 23.7 Å². The number of aromatic nitrogens is 2. The Hall–Kier alpha value is -3.35. The van der Waals surface area contributed by atoms with Crippen LogP contribution in [0.1, 0.15) is 41.6 Å². The molecule has 2 heterocycles. The van der Waals surface area contributed by atoms with E-state index < -0.39 is 5.97 Å². The average Bonchev–Trinajstić information content (AvgIpc) is 3.20. The second-order valence-corrected chi connectivity index (χ2v) is 6.64. The minimum atomic E-state index is -0.607. The number of ether oxygens (including phenoxy) is 2. The Morgan fingerprint density at radius 2 is 2.03 bits per heavy atom. The second-order valence-electron chi connectivity index (χ2n) is 6.64. The molecule has 0 aliphatic carbocycles. The standard InChI is InChI=1S/C22H24N2O5/c25-18-7-3-1-2-6-17-14-19(28-13-11-24-10-9-23-16-24)15-20(26)21(17)22(27)29-12-5-4-8-18/h2,4,6,8-10,14-16,26H,1,3,5,7,11-13H2/b6-2+,8-4-. The Morgan fingerprint density at radius 3 is 2.86 bits per heavy atom. The summed E-state index contributed by atoms with van der Waals surface area (Å²) in [5, 5.41) is 10.4. The first-order valence-corrected chi connectivity index (χ1v) is 9.62. The van der Waals surface area contributed by atoms with Crippen molar-refractivity contribution in [3.05, 3.63) is 60.2 Å².